The van der Waals surface area contributed by atoms with Crippen LogP contribution in [0, 0.1) is 0 Å². The van der Waals surface area contributed by atoms with Crippen molar-refractivity contribution >= 4 is 42.6 Å². The molecule has 0 bridgehead atoms. The molecule has 0 spiro atoms. The Balaban J connectivity index is 3.98. The summed E-state index contributed by atoms with van der Waals surface area (Å²) in [5.74, 6) is 7.42. The summed E-state index contributed by atoms with van der Waals surface area (Å²) in [4.78, 5) is 0. The highest BCUT2D eigenvalue weighted by molar-refractivity contribution is 7.99. The van der Waals surface area contributed by atoms with E-state index < -0.39 is 7.32 Å². The first kappa shape index (κ1) is 71.0. The van der Waals surface area contributed by atoms with E-state index in [1.165, 1.54) is 343 Å². The summed E-state index contributed by atoms with van der Waals surface area (Å²) in [6.07, 6.45) is 72.4. The average Bonchev–Trinajstić information content (AvgIpc) is 3.37. The molecule has 3 nitrogen and oxygen atoms in total. The Morgan fingerprint density at radius 1 is 0.186 bits per heavy atom. The van der Waals surface area contributed by atoms with E-state index in [9.17, 15) is 0 Å². The highest BCUT2D eigenvalue weighted by Gasteiger charge is 2.21. The molecule has 0 aliphatic carbocycles. The third-order valence-electron chi connectivity index (χ3n) is 14.5. The summed E-state index contributed by atoms with van der Waals surface area (Å²) in [6, 6.07) is 0. The highest BCUT2D eigenvalue weighted by Crippen LogP contribution is 2.19. The topological polar surface area (TPSA) is 27.7 Å². The maximum atomic E-state index is 6.20. The predicted octanol–water partition coefficient (Wildman–Crippen LogP) is 23.2. The first-order valence-corrected chi connectivity index (χ1v) is 35.9. The van der Waals surface area contributed by atoms with Crippen LogP contribution in [-0.2, 0) is 14.0 Å². The second-order valence-corrected chi connectivity index (χ2v) is 25.4. The summed E-state index contributed by atoms with van der Waals surface area (Å²) in [5, 5.41) is 0. The van der Waals surface area contributed by atoms with Crippen LogP contribution in [0.1, 0.15) is 348 Å². The SMILES string of the molecule is CCCCCCCCCCCCCCCCCCSCCCOB(OCCCSCCCCCCCCCCCCCCCCCC)OCCCSCCCCCCCCCCCCCCCCCC. The molecule has 0 amide bonds. The van der Waals surface area contributed by atoms with Crippen LogP contribution in [0.2, 0.25) is 0 Å². The molecular formula is C63H129BO3S3. The lowest BCUT2D eigenvalue weighted by Gasteiger charge is -2.15. The van der Waals surface area contributed by atoms with Crippen molar-refractivity contribution < 1.29 is 14.0 Å². The molecule has 0 unspecified atom stereocenters. The summed E-state index contributed by atoms with van der Waals surface area (Å²) >= 11 is 6.33. The van der Waals surface area contributed by atoms with E-state index in [0.717, 1.165) is 39.1 Å². The van der Waals surface area contributed by atoms with Gasteiger partial charge in [0.15, 0.2) is 0 Å². The fourth-order valence-corrected chi connectivity index (χ4v) is 12.5. The first-order chi connectivity index (χ1) is 34.8. The van der Waals surface area contributed by atoms with Crippen molar-refractivity contribution in [2.24, 2.45) is 0 Å². The van der Waals surface area contributed by atoms with Gasteiger partial charge in [0.2, 0.25) is 0 Å². The van der Waals surface area contributed by atoms with Crippen LogP contribution in [0.3, 0.4) is 0 Å². The molecule has 0 aliphatic heterocycles. The van der Waals surface area contributed by atoms with Gasteiger partial charge >= 0.3 is 7.32 Å². The Kier molecular flexibility index (Phi) is 69.0. The zero-order chi connectivity index (χ0) is 50.2. The lowest BCUT2D eigenvalue weighted by Crippen LogP contribution is -2.29. The van der Waals surface area contributed by atoms with E-state index in [1.807, 2.05) is 0 Å². The van der Waals surface area contributed by atoms with Crippen LogP contribution in [0.5, 0.6) is 0 Å². The van der Waals surface area contributed by atoms with Gasteiger partial charge in [0, 0.05) is 19.8 Å². The molecule has 0 heterocycles. The normalized spacial score (nSPS) is 11.7. The number of hydrogen-bond acceptors (Lipinski definition) is 6. The number of unbranched alkanes of at least 4 members (excludes halogenated alkanes) is 45. The zero-order valence-corrected chi connectivity index (χ0v) is 50.9. The molecule has 0 saturated carbocycles. The van der Waals surface area contributed by atoms with Gasteiger partial charge in [-0.3, -0.25) is 0 Å². The molecule has 7 heteroatoms. The Hall–Kier alpha value is 0.995. The molecule has 70 heavy (non-hydrogen) atoms. The Bertz CT molecular complexity index is 777. The monoisotopic (exact) mass is 1040 g/mol. The Labute approximate surface area is 456 Å². The largest absolute Gasteiger partial charge is 0.639 e. The van der Waals surface area contributed by atoms with Gasteiger partial charge in [-0.05, 0) is 73.0 Å². The first-order valence-electron chi connectivity index (χ1n) is 32.4. The number of hydrogen-bond donors (Lipinski definition) is 0. The van der Waals surface area contributed by atoms with Crippen molar-refractivity contribution in [1.29, 1.82) is 0 Å². The van der Waals surface area contributed by atoms with E-state index in [0.29, 0.717) is 0 Å². The molecule has 0 aliphatic rings. The van der Waals surface area contributed by atoms with Crippen LogP contribution in [-0.4, -0.2) is 61.7 Å². The van der Waals surface area contributed by atoms with Crippen LogP contribution >= 0.6 is 35.3 Å². The molecule has 0 N–H and O–H groups in total. The third kappa shape index (κ3) is 65.1. The van der Waals surface area contributed by atoms with E-state index in [4.69, 9.17) is 14.0 Å². The molecule has 0 aromatic carbocycles. The lowest BCUT2D eigenvalue weighted by atomic mass is 10.0. The van der Waals surface area contributed by atoms with Crippen molar-refractivity contribution in [2.45, 2.75) is 348 Å². The fraction of sp³-hybridized carbons (Fsp3) is 1.00. The zero-order valence-electron chi connectivity index (χ0n) is 48.5. The predicted molar refractivity (Wildman–Crippen MR) is 328 cm³/mol. The smallest absolute Gasteiger partial charge is 0.386 e. The van der Waals surface area contributed by atoms with Gasteiger partial charge in [-0.25, -0.2) is 0 Å². The molecule has 0 rings (SSSR count). The maximum absolute atomic E-state index is 6.20. The number of rotatable bonds is 66. The van der Waals surface area contributed by atoms with Gasteiger partial charge in [0.25, 0.3) is 0 Å². The minimum atomic E-state index is -0.499. The third-order valence-corrected chi connectivity index (χ3v) is 18.0. The van der Waals surface area contributed by atoms with E-state index in [-0.39, 0.29) is 0 Å². The van der Waals surface area contributed by atoms with Gasteiger partial charge < -0.3 is 14.0 Å². The Morgan fingerprint density at radius 3 is 0.500 bits per heavy atom. The summed E-state index contributed by atoms with van der Waals surface area (Å²) < 4.78 is 18.6. The average molecular weight is 1040 g/mol. The van der Waals surface area contributed by atoms with Crippen molar-refractivity contribution in [2.75, 3.05) is 54.3 Å². The molecule has 0 atom stereocenters. The molecule has 0 fully saturated rings. The summed E-state index contributed by atoms with van der Waals surface area (Å²) in [6.45, 7) is 9.13. The van der Waals surface area contributed by atoms with Crippen molar-refractivity contribution in [3.63, 3.8) is 0 Å². The molecule has 0 aromatic rings. The van der Waals surface area contributed by atoms with Crippen LogP contribution in [0.4, 0.5) is 0 Å². The molecule has 420 valence electrons. The van der Waals surface area contributed by atoms with Gasteiger partial charge in [0.05, 0.1) is 0 Å². The number of thioether (sulfide) groups is 3. The molecular weight excluding hydrogens is 912 g/mol. The fourth-order valence-electron chi connectivity index (χ4n) is 9.73. The minimum absolute atomic E-state index is 0.499. The summed E-state index contributed by atoms with van der Waals surface area (Å²) in [5.41, 5.74) is 0. The van der Waals surface area contributed by atoms with Crippen molar-refractivity contribution in [1.82, 2.24) is 0 Å². The highest BCUT2D eigenvalue weighted by atomic mass is 32.2. The van der Waals surface area contributed by atoms with E-state index >= 15 is 0 Å². The van der Waals surface area contributed by atoms with Gasteiger partial charge in [-0.1, -0.05) is 310 Å². The molecule has 0 saturated heterocycles. The maximum Gasteiger partial charge on any atom is 0.639 e. The minimum Gasteiger partial charge on any atom is -0.386 e. The van der Waals surface area contributed by atoms with Crippen LogP contribution < -0.4 is 0 Å². The van der Waals surface area contributed by atoms with Crippen molar-refractivity contribution in [3.05, 3.63) is 0 Å². The van der Waals surface area contributed by atoms with Crippen molar-refractivity contribution in [3.8, 4) is 0 Å². The molecule has 0 aromatic heterocycles. The Morgan fingerprint density at radius 2 is 0.329 bits per heavy atom. The van der Waals surface area contributed by atoms with E-state index in [1.54, 1.807) is 0 Å². The second-order valence-electron chi connectivity index (χ2n) is 21.7. The lowest BCUT2D eigenvalue weighted by molar-refractivity contribution is 0.0940. The quantitative estimate of drug-likeness (QED) is 0.0445. The van der Waals surface area contributed by atoms with Crippen LogP contribution in [0.25, 0.3) is 0 Å². The van der Waals surface area contributed by atoms with E-state index in [2.05, 4.69) is 56.1 Å². The van der Waals surface area contributed by atoms with Gasteiger partial charge in [-0.15, -0.1) is 0 Å². The summed E-state index contributed by atoms with van der Waals surface area (Å²) in [7, 11) is -0.499. The standard InChI is InChI=1S/C63H129BO3S3/c1-4-7-10-13-16-19-22-25-28-31-34-37-40-43-46-49-58-68-61-52-55-65-64(66-56-53-62-69-59-50-47-44-41-38-35-32-29-26-23-20-17-14-11-8-5-2)67-57-54-63-70-60-51-48-45-42-39-36-33-30-27-24-21-18-15-12-9-6-3/h4-63H2,1-3H3. The van der Waals surface area contributed by atoms with Gasteiger partial charge in [0.1, 0.15) is 0 Å². The second kappa shape index (κ2) is 68.0. The van der Waals surface area contributed by atoms with Crippen LogP contribution in [0.15, 0.2) is 0 Å². The van der Waals surface area contributed by atoms with Gasteiger partial charge in [-0.2, -0.15) is 35.3 Å². The molecule has 0 radical (unpaired) electrons.